The predicted octanol–water partition coefficient (Wildman–Crippen LogP) is 10.4. The van der Waals surface area contributed by atoms with Crippen LogP contribution in [0.15, 0.2) is 156 Å². The first kappa shape index (κ1) is 29.8. The van der Waals surface area contributed by atoms with Gasteiger partial charge in [0, 0.05) is 46.2 Å². The number of aliphatic imine (C=N–C) groups is 1. The van der Waals surface area contributed by atoms with Crippen LogP contribution in [0.4, 0.5) is 15.3 Å². The second-order valence-electron chi connectivity index (χ2n) is 13.0. The lowest BCUT2D eigenvalue weighted by atomic mass is 9.91. The second kappa shape index (κ2) is 12.6. The molecule has 5 aromatic rings. The maximum Gasteiger partial charge on any atom is 0.145 e. The highest BCUT2D eigenvalue weighted by atomic mass is 32.2. The molecule has 3 unspecified atom stereocenters. The Hall–Kier alpha value is -5.33. The molecule has 4 nitrogen and oxygen atoms in total. The van der Waals surface area contributed by atoms with Gasteiger partial charge in [-0.25, -0.2) is 0 Å². The summed E-state index contributed by atoms with van der Waals surface area (Å²) >= 11 is 0.281. The third kappa shape index (κ3) is 5.56. The van der Waals surface area contributed by atoms with Crippen molar-refractivity contribution in [3.63, 3.8) is 0 Å². The monoisotopic (exact) mass is 658 g/mol. The van der Waals surface area contributed by atoms with Gasteiger partial charge in [-0.2, -0.15) is 3.89 Å². The van der Waals surface area contributed by atoms with Crippen LogP contribution >= 0.6 is 12.1 Å². The molecular weight excluding hydrogens is 624 g/mol. The van der Waals surface area contributed by atoms with Gasteiger partial charge in [0.15, 0.2) is 0 Å². The average Bonchev–Trinajstić information content (AvgIpc) is 3.52. The highest BCUT2D eigenvalue weighted by Crippen LogP contribution is 2.48. The molecule has 9 rings (SSSR count). The first-order valence-electron chi connectivity index (χ1n) is 17.0. The van der Waals surface area contributed by atoms with E-state index in [9.17, 15) is 3.89 Å². The van der Waals surface area contributed by atoms with Gasteiger partial charge < -0.3 is 15.5 Å². The predicted molar refractivity (Wildman–Crippen MR) is 203 cm³/mol. The van der Waals surface area contributed by atoms with E-state index in [2.05, 4.69) is 149 Å². The van der Waals surface area contributed by atoms with E-state index < -0.39 is 0 Å². The zero-order valence-corrected chi connectivity index (χ0v) is 27.7. The number of para-hydroxylation sites is 1. The Morgan fingerprint density at radius 3 is 2.45 bits per heavy atom. The van der Waals surface area contributed by atoms with Gasteiger partial charge >= 0.3 is 0 Å². The van der Waals surface area contributed by atoms with Crippen molar-refractivity contribution >= 4 is 51.3 Å². The van der Waals surface area contributed by atoms with E-state index in [-0.39, 0.29) is 30.3 Å². The molecule has 3 aliphatic heterocycles. The van der Waals surface area contributed by atoms with E-state index in [1.807, 2.05) is 12.1 Å². The summed E-state index contributed by atoms with van der Waals surface area (Å²) in [5.74, 6) is 0.245. The highest BCUT2D eigenvalue weighted by molar-refractivity contribution is 7.94. The van der Waals surface area contributed by atoms with Gasteiger partial charge in [-0.15, -0.1) is 0 Å². The molecule has 0 saturated heterocycles. The minimum absolute atomic E-state index is 0.120. The van der Waals surface area contributed by atoms with Crippen molar-refractivity contribution in [2.75, 3.05) is 11.4 Å². The number of allylic oxidation sites excluding steroid dienone is 4. The van der Waals surface area contributed by atoms with Gasteiger partial charge in [0.25, 0.3) is 0 Å². The molecule has 0 saturated carbocycles. The van der Waals surface area contributed by atoms with Crippen LogP contribution in [0.5, 0.6) is 0 Å². The van der Waals surface area contributed by atoms with Crippen LogP contribution in [0, 0.1) is 0 Å². The van der Waals surface area contributed by atoms with Crippen LogP contribution in [0.1, 0.15) is 52.7 Å². The Kier molecular flexibility index (Phi) is 7.66. The maximum absolute atomic E-state index is 14.6. The molecule has 5 aromatic carbocycles. The van der Waals surface area contributed by atoms with E-state index in [1.54, 1.807) is 0 Å². The van der Waals surface area contributed by atoms with Gasteiger partial charge in [-0.05, 0) is 87.8 Å². The number of fused-ring (bicyclic) bond motifs is 4. The van der Waals surface area contributed by atoms with Gasteiger partial charge in [-0.3, -0.25) is 4.99 Å². The number of benzene rings is 5. The van der Waals surface area contributed by atoms with Crippen LogP contribution in [0.3, 0.4) is 0 Å². The number of halogens is 1. The molecule has 0 spiro atoms. The number of hydrogen-bond donors (Lipinski definition) is 2. The fourth-order valence-corrected chi connectivity index (χ4v) is 7.98. The highest BCUT2D eigenvalue weighted by Gasteiger charge is 2.37. The summed E-state index contributed by atoms with van der Waals surface area (Å²) in [7, 11) is 0. The molecule has 2 N–H and O–H groups in total. The van der Waals surface area contributed by atoms with Crippen molar-refractivity contribution in [1.29, 1.82) is 0 Å². The standard InChI is InChI=1S/C43H35FN4S/c44-49-36-24-34(23-35(25-36)48-41-13-5-3-11-37(41)38-12-4-6-14-42(38)48)40-26-39(30-18-15-29(16-19-30)33-10-7-21-45-27-33)46-43(47-40)32-20-17-28-8-1-2-9-31(28)22-32/h1-6,8-9,11-20,22-27,37,41,43,45-46H,7,10,21H2. The summed E-state index contributed by atoms with van der Waals surface area (Å²) in [6.45, 7) is 1.03. The summed E-state index contributed by atoms with van der Waals surface area (Å²) < 4.78 is 14.6. The fourth-order valence-electron chi connectivity index (χ4n) is 7.64. The van der Waals surface area contributed by atoms with E-state index in [0.29, 0.717) is 4.90 Å². The summed E-state index contributed by atoms with van der Waals surface area (Å²) in [4.78, 5) is 8.21. The molecule has 0 radical (unpaired) electrons. The Balaban J connectivity index is 1.15. The summed E-state index contributed by atoms with van der Waals surface area (Å²) in [5, 5.41) is 9.49. The molecule has 0 amide bonds. The minimum Gasteiger partial charge on any atom is -0.391 e. The molecule has 4 aliphatic rings. The van der Waals surface area contributed by atoms with E-state index in [4.69, 9.17) is 4.99 Å². The van der Waals surface area contributed by atoms with E-state index in [1.165, 1.54) is 27.5 Å². The van der Waals surface area contributed by atoms with Crippen LogP contribution in [-0.2, 0) is 0 Å². The summed E-state index contributed by atoms with van der Waals surface area (Å²) in [6, 6.07) is 38.5. The Morgan fingerprint density at radius 2 is 1.59 bits per heavy atom. The molecule has 0 aromatic heterocycles. The molecule has 0 bridgehead atoms. The minimum atomic E-state index is -0.321. The maximum atomic E-state index is 14.6. The molecule has 49 heavy (non-hydrogen) atoms. The lowest BCUT2D eigenvalue weighted by molar-refractivity contribution is 0.665. The summed E-state index contributed by atoms with van der Waals surface area (Å²) in [5.41, 5.74) is 10.8. The van der Waals surface area contributed by atoms with Crippen LogP contribution < -0.4 is 15.5 Å². The number of nitrogens with zero attached hydrogens (tertiary/aromatic N) is 2. The van der Waals surface area contributed by atoms with Gasteiger partial charge in [0.2, 0.25) is 0 Å². The van der Waals surface area contributed by atoms with Crippen molar-refractivity contribution in [2.24, 2.45) is 4.99 Å². The molecule has 6 heteroatoms. The van der Waals surface area contributed by atoms with Crippen molar-refractivity contribution in [1.82, 2.24) is 10.6 Å². The van der Waals surface area contributed by atoms with Crippen LogP contribution in [0.25, 0.3) is 22.0 Å². The topological polar surface area (TPSA) is 39.7 Å². The number of rotatable bonds is 6. The summed E-state index contributed by atoms with van der Waals surface area (Å²) in [6.07, 6.45) is 14.9. The normalized spacial score (nSPS) is 20.9. The Morgan fingerprint density at radius 1 is 0.776 bits per heavy atom. The molecule has 3 heterocycles. The lowest BCUT2D eigenvalue weighted by Crippen LogP contribution is -2.29. The lowest BCUT2D eigenvalue weighted by Gasteiger charge is -2.30. The third-order valence-electron chi connectivity index (χ3n) is 10.1. The molecule has 0 fully saturated rings. The van der Waals surface area contributed by atoms with E-state index >= 15 is 0 Å². The number of nitrogens with one attached hydrogen (secondary N) is 2. The zero-order valence-electron chi connectivity index (χ0n) is 26.9. The van der Waals surface area contributed by atoms with Crippen LogP contribution in [-0.4, -0.2) is 18.3 Å². The number of hydrogen-bond acceptors (Lipinski definition) is 5. The molecule has 3 atom stereocenters. The third-order valence-corrected chi connectivity index (χ3v) is 10.5. The first-order chi connectivity index (χ1) is 24.2. The van der Waals surface area contributed by atoms with Gasteiger partial charge in [-0.1, -0.05) is 103 Å². The smallest absolute Gasteiger partial charge is 0.145 e. The first-order valence-corrected chi connectivity index (χ1v) is 17.7. The fraction of sp³-hybridized carbons (Fsp3) is 0.140. The van der Waals surface area contributed by atoms with Crippen molar-refractivity contribution in [3.8, 4) is 0 Å². The zero-order chi connectivity index (χ0) is 32.7. The van der Waals surface area contributed by atoms with Gasteiger partial charge in [0.05, 0.1) is 23.9 Å². The van der Waals surface area contributed by atoms with Crippen LogP contribution in [0.2, 0.25) is 0 Å². The Bertz CT molecular complexity index is 2230. The van der Waals surface area contributed by atoms with Crippen molar-refractivity contribution in [2.45, 2.75) is 35.9 Å². The molecule has 240 valence electrons. The second-order valence-corrected chi connectivity index (χ2v) is 13.7. The Labute approximate surface area is 290 Å². The molecular formula is C43H35FN4S. The largest absolute Gasteiger partial charge is 0.391 e. The number of anilines is 2. The van der Waals surface area contributed by atoms with Crippen molar-refractivity contribution in [3.05, 3.63) is 174 Å². The SMILES string of the molecule is FSc1cc(C2=NC(c3ccc4ccccc4c3)NC(c3ccc(C4=CNCCC4)cc3)=C2)cc(N2c3ccccc3C3C=CC=CC32)c1. The quantitative estimate of drug-likeness (QED) is 0.191. The van der Waals surface area contributed by atoms with Crippen molar-refractivity contribution < 1.29 is 3.89 Å². The molecule has 1 aliphatic carbocycles. The van der Waals surface area contributed by atoms with E-state index in [0.717, 1.165) is 58.9 Å². The average molecular weight is 659 g/mol. The van der Waals surface area contributed by atoms with Gasteiger partial charge in [0.1, 0.15) is 6.17 Å².